The van der Waals surface area contributed by atoms with E-state index in [2.05, 4.69) is 30.8 Å². The number of halogens is 6. The van der Waals surface area contributed by atoms with Crippen LogP contribution in [0.4, 0.5) is 32.3 Å². The van der Waals surface area contributed by atoms with Crippen LogP contribution < -0.4 is 4.90 Å². The molecule has 2 saturated heterocycles. The molecule has 1 atom stereocenters. The highest BCUT2D eigenvalue weighted by atomic mass is 19.4. The zero-order chi connectivity index (χ0) is 30.0. The number of carboxylic acids is 2. The molecule has 2 aliphatic heterocycles. The number of methoxy groups -OCH3 is 1. The lowest BCUT2D eigenvalue weighted by Crippen LogP contribution is -2.41. The fraction of sp³-hybridized carbons (Fsp3) is 0.542. The van der Waals surface area contributed by atoms with Gasteiger partial charge in [0.15, 0.2) is 0 Å². The van der Waals surface area contributed by atoms with E-state index in [1.54, 1.807) is 7.11 Å². The van der Waals surface area contributed by atoms with E-state index in [4.69, 9.17) is 24.5 Å². The Bertz CT molecular complexity index is 1040. The Balaban J connectivity index is 0.000000333. The average molecular weight is 582 g/mol. The Labute approximate surface area is 225 Å². The number of ether oxygens (including phenoxy) is 1. The lowest BCUT2D eigenvalue weighted by Gasteiger charge is -2.39. The average Bonchev–Trinajstić information content (AvgIpc) is 3.24. The highest BCUT2D eigenvalue weighted by molar-refractivity contribution is 5.73. The molecule has 16 heteroatoms. The minimum atomic E-state index is -5.08. The van der Waals surface area contributed by atoms with Gasteiger partial charge in [-0.15, -0.1) is 0 Å². The van der Waals surface area contributed by atoms with Gasteiger partial charge in [-0.25, -0.2) is 19.6 Å². The monoisotopic (exact) mass is 581 g/mol. The van der Waals surface area contributed by atoms with Crippen LogP contribution in [0.5, 0.6) is 0 Å². The number of aromatic nitrogens is 3. The number of carbonyl (C=O) groups is 2. The van der Waals surface area contributed by atoms with Crippen molar-refractivity contribution >= 4 is 17.9 Å². The van der Waals surface area contributed by atoms with Crippen molar-refractivity contribution in [1.82, 2.24) is 19.9 Å². The molecule has 2 aromatic heterocycles. The largest absolute Gasteiger partial charge is 0.490 e. The number of pyridine rings is 1. The number of nitrogens with zero attached hydrogens (tertiary/aromatic N) is 5. The number of rotatable bonds is 5. The number of likely N-dealkylation sites (tertiary alicyclic amines) is 1. The molecule has 2 aliphatic rings. The number of anilines is 1. The van der Waals surface area contributed by atoms with E-state index >= 15 is 0 Å². The molecule has 222 valence electrons. The SMILES string of the molecule is COCC1CC2(CCN(Cc3cccnc3)CC2)CN1c1ncccn1.O=C(O)C(F)(F)F.O=C(O)C(F)(F)F. The van der Waals surface area contributed by atoms with Crippen LogP contribution in [0.2, 0.25) is 0 Å². The van der Waals surface area contributed by atoms with Gasteiger partial charge in [0.25, 0.3) is 0 Å². The fourth-order valence-corrected chi connectivity index (χ4v) is 4.48. The van der Waals surface area contributed by atoms with Gasteiger partial charge in [0.1, 0.15) is 0 Å². The molecule has 10 nitrogen and oxygen atoms in total. The maximum Gasteiger partial charge on any atom is 0.490 e. The second-order valence-corrected chi connectivity index (χ2v) is 9.23. The maximum absolute atomic E-state index is 10.6. The molecule has 0 saturated carbocycles. The fourth-order valence-electron chi connectivity index (χ4n) is 4.48. The summed E-state index contributed by atoms with van der Waals surface area (Å²) in [5.41, 5.74) is 1.65. The molecule has 0 amide bonds. The normalized spacial score (nSPS) is 18.8. The van der Waals surface area contributed by atoms with Gasteiger partial charge in [-0.05, 0) is 55.5 Å². The predicted molar refractivity (Wildman–Crippen MR) is 128 cm³/mol. The summed E-state index contributed by atoms with van der Waals surface area (Å²) in [6.07, 6.45) is 0.904. The van der Waals surface area contributed by atoms with E-state index < -0.39 is 24.3 Å². The molecule has 4 rings (SSSR count). The molecule has 40 heavy (non-hydrogen) atoms. The summed E-state index contributed by atoms with van der Waals surface area (Å²) in [4.78, 5) is 35.9. The summed E-state index contributed by atoms with van der Waals surface area (Å²) < 4.78 is 69.0. The second kappa shape index (κ2) is 14.2. The highest BCUT2D eigenvalue weighted by Gasteiger charge is 2.46. The van der Waals surface area contributed by atoms with Gasteiger partial charge in [-0.1, -0.05) is 6.07 Å². The van der Waals surface area contributed by atoms with Crippen molar-refractivity contribution in [2.24, 2.45) is 5.41 Å². The standard InChI is InChI=1S/C20H27N5O.2C2HF3O2/c1-26-15-18-12-20(16-25(18)19-22-8-3-9-23-19)5-10-24(11-6-20)14-17-4-2-7-21-13-17;2*3-2(4,5)1(6)7/h2-4,7-9,13,18H,5-6,10-12,14-16H2,1H3;2*(H,6,7). The van der Waals surface area contributed by atoms with Crippen molar-refractivity contribution in [2.75, 3.05) is 38.3 Å². The van der Waals surface area contributed by atoms with Gasteiger partial charge >= 0.3 is 24.3 Å². The lowest BCUT2D eigenvalue weighted by molar-refractivity contribution is -0.193. The Morgan fingerprint density at radius 1 is 1.00 bits per heavy atom. The number of hydrogen-bond donors (Lipinski definition) is 2. The Kier molecular flexibility index (Phi) is 11.6. The number of hydrogen-bond acceptors (Lipinski definition) is 8. The summed E-state index contributed by atoms with van der Waals surface area (Å²) in [6, 6.07) is 6.42. The molecule has 0 aliphatic carbocycles. The van der Waals surface area contributed by atoms with E-state index in [0.717, 1.165) is 38.7 Å². The van der Waals surface area contributed by atoms with Gasteiger partial charge in [-0.2, -0.15) is 26.3 Å². The van der Waals surface area contributed by atoms with Crippen molar-refractivity contribution < 1.29 is 50.9 Å². The third-order valence-electron chi connectivity index (χ3n) is 6.31. The molecule has 0 bridgehead atoms. The maximum atomic E-state index is 10.6. The van der Waals surface area contributed by atoms with E-state index in [1.165, 1.54) is 24.8 Å². The summed E-state index contributed by atoms with van der Waals surface area (Å²) in [7, 11) is 1.78. The summed E-state index contributed by atoms with van der Waals surface area (Å²) >= 11 is 0. The first-order chi connectivity index (χ1) is 18.7. The third-order valence-corrected chi connectivity index (χ3v) is 6.31. The van der Waals surface area contributed by atoms with Crippen LogP contribution in [0.25, 0.3) is 0 Å². The highest BCUT2D eigenvalue weighted by Crippen LogP contribution is 2.44. The quantitative estimate of drug-likeness (QED) is 0.505. The second-order valence-electron chi connectivity index (χ2n) is 9.23. The topological polar surface area (TPSA) is 129 Å². The summed E-state index contributed by atoms with van der Waals surface area (Å²) in [5.74, 6) is -4.68. The minimum absolute atomic E-state index is 0.355. The van der Waals surface area contributed by atoms with Gasteiger partial charge < -0.3 is 19.8 Å². The van der Waals surface area contributed by atoms with Crippen molar-refractivity contribution in [2.45, 2.75) is 44.2 Å². The first-order valence-corrected chi connectivity index (χ1v) is 11.9. The smallest absolute Gasteiger partial charge is 0.475 e. The van der Waals surface area contributed by atoms with Crippen LogP contribution in [-0.4, -0.2) is 93.7 Å². The number of aliphatic carboxylic acids is 2. The van der Waals surface area contributed by atoms with E-state index in [1.807, 2.05) is 36.9 Å². The van der Waals surface area contributed by atoms with E-state index in [-0.39, 0.29) is 0 Å². The predicted octanol–water partition coefficient (Wildman–Crippen LogP) is 3.65. The minimum Gasteiger partial charge on any atom is -0.475 e. The molecular formula is C24H29F6N5O5. The Morgan fingerprint density at radius 3 is 2.00 bits per heavy atom. The Morgan fingerprint density at radius 2 is 1.55 bits per heavy atom. The van der Waals surface area contributed by atoms with Crippen LogP contribution in [-0.2, 0) is 20.9 Å². The van der Waals surface area contributed by atoms with Crippen molar-refractivity contribution in [1.29, 1.82) is 0 Å². The molecule has 0 radical (unpaired) electrons. The Hall–Kier alpha value is -3.53. The third kappa shape index (κ3) is 10.2. The molecule has 4 heterocycles. The van der Waals surface area contributed by atoms with Crippen molar-refractivity contribution in [3.63, 3.8) is 0 Å². The van der Waals surface area contributed by atoms with Gasteiger partial charge in [0.2, 0.25) is 5.95 Å². The van der Waals surface area contributed by atoms with Crippen LogP contribution in [0.15, 0.2) is 43.0 Å². The number of piperidine rings is 1. The van der Waals surface area contributed by atoms with Crippen LogP contribution in [0, 0.1) is 5.41 Å². The summed E-state index contributed by atoms with van der Waals surface area (Å²) in [6.45, 7) is 5.04. The van der Waals surface area contributed by atoms with Gasteiger partial charge in [0, 0.05) is 45.0 Å². The number of alkyl halides is 6. The van der Waals surface area contributed by atoms with E-state index in [9.17, 15) is 26.3 Å². The lowest BCUT2D eigenvalue weighted by atomic mass is 9.76. The zero-order valence-electron chi connectivity index (χ0n) is 21.4. The van der Waals surface area contributed by atoms with Gasteiger partial charge in [-0.3, -0.25) is 9.88 Å². The van der Waals surface area contributed by atoms with Crippen LogP contribution in [0.3, 0.4) is 0 Å². The van der Waals surface area contributed by atoms with E-state index in [0.29, 0.717) is 11.5 Å². The first kappa shape index (κ1) is 32.7. The zero-order valence-corrected chi connectivity index (χ0v) is 21.4. The van der Waals surface area contributed by atoms with Crippen molar-refractivity contribution in [3.05, 3.63) is 48.5 Å². The summed E-state index contributed by atoms with van der Waals surface area (Å²) in [5, 5.41) is 14.2. The molecule has 2 aromatic rings. The molecule has 1 unspecified atom stereocenters. The van der Waals surface area contributed by atoms with Crippen LogP contribution in [0.1, 0.15) is 24.8 Å². The van der Waals surface area contributed by atoms with Gasteiger partial charge in [0.05, 0.1) is 12.6 Å². The molecule has 2 N–H and O–H groups in total. The van der Waals surface area contributed by atoms with Crippen molar-refractivity contribution in [3.8, 4) is 0 Å². The molecule has 0 aromatic carbocycles. The number of carboxylic acid groups (broad SMARTS) is 2. The molecule has 1 spiro atoms. The van der Waals surface area contributed by atoms with Crippen LogP contribution >= 0.6 is 0 Å². The first-order valence-electron chi connectivity index (χ1n) is 11.9. The molecule has 2 fully saturated rings. The molecular weight excluding hydrogens is 552 g/mol.